The van der Waals surface area contributed by atoms with Crippen LogP contribution >= 0.6 is 11.6 Å². The summed E-state index contributed by atoms with van der Waals surface area (Å²) in [6.07, 6.45) is 3.49. The highest BCUT2D eigenvalue weighted by Gasteiger charge is 2.20. The Morgan fingerprint density at radius 3 is 2.85 bits per heavy atom. The summed E-state index contributed by atoms with van der Waals surface area (Å²) in [6, 6.07) is 7.25. The van der Waals surface area contributed by atoms with E-state index in [4.69, 9.17) is 16.3 Å². The molecule has 0 radical (unpaired) electrons. The summed E-state index contributed by atoms with van der Waals surface area (Å²) in [6.45, 7) is 2.27. The summed E-state index contributed by atoms with van der Waals surface area (Å²) < 4.78 is 4.90. The van der Waals surface area contributed by atoms with Gasteiger partial charge in [0.25, 0.3) is 0 Å². The van der Waals surface area contributed by atoms with Crippen molar-refractivity contribution in [3.8, 4) is 0 Å². The molecule has 0 saturated heterocycles. The first-order valence-corrected chi connectivity index (χ1v) is 6.74. The molecule has 0 heterocycles. The van der Waals surface area contributed by atoms with Gasteiger partial charge in [-0.05, 0) is 24.6 Å². The zero-order valence-corrected chi connectivity index (χ0v) is 12.5. The Bertz CT molecular complexity index is 472. The zero-order chi connectivity index (χ0) is 15.0. The number of benzene rings is 1. The molecule has 1 amide bonds. The molecule has 0 aromatic heterocycles. The maximum Gasteiger partial charge on any atom is 0.244 e. The van der Waals surface area contributed by atoms with E-state index in [2.05, 4.69) is 5.32 Å². The van der Waals surface area contributed by atoms with E-state index in [1.54, 1.807) is 26.2 Å². The van der Waals surface area contributed by atoms with Gasteiger partial charge in [0.2, 0.25) is 5.91 Å². The second-order valence-electron chi connectivity index (χ2n) is 4.81. The standard InChI is InChI=1S/C15H20ClNO3/c1-15(19,9-10-20-2)11-17-14(18)8-7-12-5-3-4-6-13(12)16/h3-8,19H,9-11H2,1-2H3,(H,17,18)/b8-7+. The van der Waals surface area contributed by atoms with E-state index in [0.717, 1.165) is 5.56 Å². The van der Waals surface area contributed by atoms with Gasteiger partial charge in [-0.1, -0.05) is 29.8 Å². The van der Waals surface area contributed by atoms with Gasteiger partial charge >= 0.3 is 0 Å². The third-order valence-corrected chi connectivity index (χ3v) is 3.15. The lowest BCUT2D eigenvalue weighted by Crippen LogP contribution is -2.40. The molecule has 0 saturated carbocycles. The van der Waals surface area contributed by atoms with E-state index in [-0.39, 0.29) is 12.5 Å². The topological polar surface area (TPSA) is 58.6 Å². The van der Waals surface area contributed by atoms with Crippen molar-refractivity contribution in [1.29, 1.82) is 0 Å². The summed E-state index contributed by atoms with van der Waals surface area (Å²) >= 11 is 5.98. The highest BCUT2D eigenvalue weighted by molar-refractivity contribution is 6.32. The molecule has 2 N–H and O–H groups in total. The number of ether oxygens (including phenoxy) is 1. The van der Waals surface area contributed by atoms with Crippen LogP contribution in [0, 0.1) is 0 Å². The van der Waals surface area contributed by atoms with Gasteiger partial charge in [-0.3, -0.25) is 4.79 Å². The van der Waals surface area contributed by atoms with Crippen LogP contribution in [0.5, 0.6) is 0 Å². The van der Waals surface area contributed by atoms with Crippen molar-refractivity contribution in [2.45, 2.75) is 18.9 Å². The molecule has 1 rings (SSSR count). The second-order valence-corrected chi connectivity index (χ2v) is 5.22. The quantitative estimate of drug-likeness (QED) is 0.759. The predicted octanol–water partition coefficient (Wildman–Crippen LogP) is 2.26. The van der Waals surface area contributed by atoms with E-state index >= 15 is 0 Å². The monoisotopic (exact) mass is 297 g/mol. The molecule has 0 aliphatic rings. The number of rotatable bonds is 7. The van der Waals surface area contributed by atoms with Crippen molar-refractivity contribution in [2.75, 3.05) is 20.3 Å². The van der Waals surface area contributed by atoms with Crippen molar-refractivity contribution in [3.63, 3.8) is 0 Å². The van der Waals surface area contributed by atoms with Gasteiger partial charge in [0.15, 0.2) is 0 Å². The Labute approximate surface area is 124 Å². The average molecular weight is 298 g/mol. The number of aliphatic hydroxyl groups is 1. The van der Waals surface area contributed by atoms with Gasteiger partial charge in [-0.15, -0.1) is 0 Å². The van der Waals surface area contributed by atoms with Crippen LogP contribution in [0.1, 0.15) is 18.9 Å². The Morgan fingerprint density at radius 2 is 2.20 bits per heavy atom. The molecule has 0 bridgehead atoms. The largest absolute Gasteiger partial charge is 0.388 e. The number of carbonyl (C=O) groups is 1. The van der Waals surface area contributed by atoms with Crippen molar-refractivity contribution < 1.29 is 14.6 Å². The summed E-state index contributed by atoms with van der Waals surface area (Å²) in [5, 5.41) is 13.2. The molecular formula is C15H20ClNO3. The Kier molecular flexibility index (Phi) is 6.71. The summed E-state index contributed by atoms with van der Waals surface area (Å²) in [7, 11) is 1.57. The number of halogens is 1. The lowest BCUT2D eigenvalue weighted by atomic mass is 10.0. The molecular weight excluding hydrogens is 278 g/mol. The highest BCUT2D eigenvalue weighted by atomic mass is 35.5. The first kappa shape index (κ1) is 16.7. The maximum absolute atomic E-state index is 11.7. The minimum absolute atomic E-state index is 0.169. The Balaban J connectivity index is 2.46. The Hall–Kier alpha value is -1.36. The van der Waals surface area contributed by atoms with E-state index in [1.807, 2.05) is 18.2 Å². The Morgan fingerprint density at radius 1 is 1.50 bits per heavy atom. The van der Waals surface area contributed by atoms with Crippen LogP contribution in [0.15, 0.2) is 30.3 Å². The zero-order valence-electron chi connectivity index (χ0n) is 11.7. The van der Waals surface area contributed by atoms with E-state index in [0.29, 0.717) is 18.1 Å². The minimum atomic E-state index is -0.982. The first-order valence-electron chi connectivity index (χ1n) is 6.36. The molecule has 0 spiro atoms. The van der Waals surface area contributed by atoms with Gasteiger partial charge in [0, 0.05) is 37.8 Å². The van der Waals surface area contributed by atoms with Gasteiger partial charge < -0.3 is 15.2 Å². The lowest BCUT2D eigenvalue weighted by Gasteiger charge is -2.22. The minimum Gasteiger partial charge on any atom is -0.388 e. The van der Waals surface area contributed by atoms with Gasteiger partial charge in [0.1, 0.15) is 0 Å². The van der Waals surface area contributed by atoms with Crippen LogP contribution < -0.4 is 5.32 Å². The SMILES string of the molecule is COCCC(C)(O)CNC(=O)/C=C/c1ccccc1Cl. The predicted molar refractivity (Wildman–Crippen MR) is 80.6 cm³/mol. The van der Waals surface area contributed by atoms with Gasteiger partial charge in [0.05, 0.1) is 5.60 Å². The fourth-order valence-corrected chi connectivity index (χ4v) is 1.72. The van der Waals surface area contributed by atoms with Gasteiger partial charge in [-0.25, -0.2) is 0 Å². The van der Waals surface area contributed by atoms with Crippen molar-refractivity contribution >= 4 is 23.6 Å². The molecule has 1 aromatic carbocycles. The molecule has 20 heavy (non-hydrogen) atoms. The average Bonchev–Trinajstić information content (AvgIpc) is 2.42. The molecule has 1 unspecified atom stereocenters. The highest BCUT2D eigenvalue weighted by Crippen LogP contribution is 2.16. The van der Waals surface area contributed by atoms with Crippen molar-refractivity contribution in [3.05, 3.63) is 40.9 Å². The summed E-state index contributed by atoms with van der Waals surface area (Å²) in [5.41, 5.74) is -0.209. The van der Waals surface area contributed by atoms with E-state index < -0.39 is 5.60 Å². The number of hydrogen-bond acceptors (Lipinski definition) is 3. The number of hydrogen-bond donors (Lipinski definition) is 2. The van der Waals surface area contributed by atoms with Crippen LogP contribution in [-0.2, 0) is 9.53 Å². The third kappa shape index (κ3) is 6.19. The molecule has 1 atom stereocenters. The number of nitrogens with one attached hydrogen (secondary N) is 1. The van der Waals surface area contributed by atoms with Crippen LogP contribution in [0.2, 0.25) is 5.02 Å². The smallest absolute Gasteiger partial charge is 0.244 e. The van der Waals surface area contributed by atoms with E-state index in [9.17, 15) is 9.90 Å². The fourth-order valence-electron chi connectivity index (χ4n) is 1.52. The van der Waals surface area contributed by atoms with Crippen LogP contribution in [-0.4, -0.2) is 36.9 Å². The normalized spacial score (nSPS) is 14.2. The molecule has 1 aromatic rings. The molecule has 110 valence electrons. The van der Waals surface area contributed by atoms with Crippen LogP contribution in [0.25, 0.3) is 6.08 Å². The molecule has 0 aliphatic heterocycles. The van der Waals surface area contributed by atoms with Crippen LogP contribution in [0.3, 0.4) is 0 Å². The fraction of sp³-hybridized carbons (Fsp3) is 0.400. The first-order chi connectivity index (χ1) is 9.44. The van der Waals surface area contributed by atoms with E-state index in [1.165, 1.54) is 6.08 Å². The van der Waals surface area contributed by atoms with Crippen LogP contribution in [0.4, 0.5) is 0 Å². The molecule has 0 aliphatic carbocycles. The third-order valence-electron chi connectivity index (χ3n) is 2.81. The number of amides is 1. The molecule has 5 heteroatoms. The van der Waals surface area contributed by atoms with Gasteiger partial charge in [-0.2, -0.15) is 0 Å². The summed E-state index contributed by atoms with van der Waals surface area (Å²) in [4.78, 5) is 11.7. The number of carbonyl (C=O) groups excluding carboxylic acids is 1. The van der Waals surface area contributed by atoms with Crippen molar-refractivity contribution in [1.82, 2.24) is 5.32 Å². The maximum atomic E-state index is 11.7. The van der Waals surface area contributed by atoms with Crippen molar-refractivity contribution in [2.24, 2.45) is 0 Å². The molecule has 4 nitrogen and oxygen atoms in total. The number of methoxy groups -OCH3 is 1. The molecule has 0 fully saturated rings. The summed E-state index contributed by atoms with van der Waals surface area (Å²) in [5.74, 6) is -0.275. The second kappa shape index (κ2) is 8.04. The lowest BCUT2D eigenvalue weighted by molar-refractivity contribution is -0.117.